The van der Waals surface area contributed by atoms with E-state index in [4.69, 9.17) is 0 Å². The third-order valence-corrected chi connectivity index (χ3v) is 1.83. The maximum absolute atomic E-state index is 2.28. The van der Waals surface area contributed by atoms with E-state index in [0.29, 0.717) is 5.41 Å². The molecule has 0 atom stereocenters. The Morgan fingerprint density at radius 2 is 1.80 bits per heavy atom. The topological polar surface area (TPSA) is 0 Å². The minimum absolute atomic E-state index is 0.380. The molecule has 0 aromatic carbocycles. The van der Waals surface area contributed by atoms with Gasteiger partial charge in [0, 0.05) is 0 Å². The van der Waals surface area contributed by atoms with E-state index in [1.807, 2.05) is 0 Å². The van der Waals surface area contributed by atoms with Gasteiger partial charge in [0.2, 0.25) is 0 Å². The molecule has 0 radical (unpaired) electrons. The van der Waals surface area contributed by atoms with Crippen LogP contribution in [0.15, 0.2) is 11.6 Å². The van der Waals surface area contributed by atoms with E-state index in [1.54, 1.807) is 5.57 Å². The molecule has 0 amide bonds. The van der Waals surface area contributed by atoms with Gasteiger partial charge in [0.15, 0.2) is 0 Å². The molecule has 0 spiro atoms. The number of allylic oxidation sites excluding steroid dienone is 2. The molecule has 0 fully saturated rings. The summed E-state index contributed by atoms with van der Waals surface area (Å²) in [5.41, 5.74) is 1.96. The van der Waals surface area contributed by atoms with Gasteiger partial charge in [-0.3, -0.25) is 0 Å². The van der Waals surface area contributed by atoms with Crippen molar-refractivity contribution in [2.24, 2.45) is 5.41 Å². The van der Waals surface area contributed by atoms with Gasteiger partial charge >= 0.3 is 0 Å². The molecule has 0 aliphatic heterocycles. The van der Waals surface area contributed by atoms with Crippen LogP contribution in [0.2, 0.25) is 0 Å². The molecule has 0 heterocycles. The van der Waals surface area contributed by atoms with Gasteiger partial charge < -0.3 is 0 Å². The summed E-state index contributed by atoms with van der Waals surface area (Å²) in [4.78, 5) is 0. The van der Waals surface area contributed by atoms with Crippen LogP contribution >= 0.6 is 0 Å². The lowest BCUT2D eigenvalue weighted by Gasteiger charge is -2.22. The lowest BCUT2D eigenvalue weighted by atomic mass is 9.84. The predicted octanol–water partition coefficient (Wildman–Crippen LogP) is 3.78. The maximum Gasteiger partial charge on any atom is -0.0173 e. The highest BCUT2D eigenvalue weighted by atomic mass is 14.2. The van der Waals surface area contributed by atoms with Crippen LogP contribution in [-0.2, 0) is 0 Å². The first-order valence-electron chi connectivity index (χ1n) is 4.18. The Balaban J connectivity index is 4.10. The second kappa shape index (κ2) is 3.80. The Kier molecular flexibility index (Phi) is 3.70. The fourth-order valence-electron chi connectivity index (χ4n) is 1.22. The summed E-state index contributed by atoms with van der Waals surface area (Å²) in [5, 5.41) is 0. The van der Waals surface area contributed by atoms with E-state index in [-0.39, 0.29) is 0 Å². The van der Waals surface area contributed by atoms with Crippen molar-refractivity contribution < 1.29 is 0 Å². The van der Waals surface area contributed by atoms with Crippen LogP contribution < -0.4 is 0 Å². The van der Waals surface area contributed by atoms with Gasteiger partial charge in [-0.25, -0.2) is 0 Å². The van der Waals surface area contributed by atoms with Crippen molar-refractivity contribution in [1.82, 2.24) is 0 Å². The van der Waals surface area contributed by atoms with Gasteiger partial charge in [0.25, 0.3) is 0 Å². The second-order valence-electron chi connectivity index (χ2n) is 3.81. The average Bonchev–Trinajstić information content (AvgIpc) is 1.80. The summed E-state index contributed by atoms with van der Waals surface area (Å²) in [6.07, 6.45) is 4.76. The normalized spacial score (nSPS) is 13.9. The zero-order valence-corrected chi connectivity index (χ0v) is 7.99. The Labute approximate surface area is 65.3 Å². The molecule has 0 unspecified atom stereocenters. The quantitative estimate of drug-likeness (QED) is 0.512. The van der Waals surface area contributed by atoms with E-state index < -0.39 is 0 Å². The smallest absolute Gasteiger partial charge is 0.0173 e. The second-order valence-corrected chi connectivity index (χ2v) is 3.81. The first-order valence-corrected chi connectivity index (χ1v) is 4.18. The Morgan fingerprint density at radius 3 is 1.90 bits per heavy atom. The molecule has 0 nitrogen and oxygen atoms in total. The molecular weight excluding hydrogens is 120 g/mol. The van der Waals surface area contributed by atoms with Gasteiger partial charge in [0.05, 0.1) is 0 Å². The van der Waals surface area contributed by atoms with Crippen molar-refractivity contribution in [2.45, 2.75) is 47.5 Å². The molecule has 60 valence electrons. The Bertz CT molecular complexity index is 112. The molecule has 0 aromatic heterocycles. The summed E-state index contributed by atoms with van der Waals surface area (Å²) in [6.45, 7) is 11.2. The highest BCUT2D eigenvalue weighted by molar-refractivity contribution is 5.09. The lowest BCUT2D eigenvalue weighted by Crippen LogP contribution is -2.08. The Hall–Kier alpha value is -0.260. The molecule has 0 saturated carbocycles. The predicted molar refractivity (Wildman–Crippen MR) is 48.1 cm³/mol. The SMILES string of the molecule is C/C=C(\CCC)C(C)(C)C. The fraction of sp³-hybridized carbons (Fsp3) is 0.800. The van der Waals surface area contributed by atoms with Gasteiger partial charge in [-0.1, -0.05) is 45.8 Å². The Morgan fingerprint density at radius 1 is 1.30 bits per heavy atom. The van der Waals surface area contributed by atoms with Crippen LogP contribution in [-0.4, -0.2) is 0 Å². The van der Waals surface area contributed by atoms with Gasteiger partial charge in [-0.15, -0.1) is 0 Å². The highest BCUT2D eigenvalue weighted by Gasteiger charge is 2.14. The first-order chi connectivity index (χ1) is 4.52. The molecule has 0 N–H and O–H groups in total. The highest BCUT2D eigenvalue weighted by Crippen LogP contribution is 2.28. The van der Waals surface area contributed by atoms with Crippen LogP contribution in [0.3, 0.4) is 0 Å². The van der Waals surface area contributed by atoms with Crippen LogP contribution in [0.1, 0.15) is 47.5 Å². The van der Waals surface area contributed by atoms with Crippen molar-refractivity contribution in [1.29, 1.82) is 0 Å². The zero-order valence-electron chi connectivity index (χ0n) is 7.99. The van der Waals surface area contributed by atoms with Crippen LogP contribution in [0.5, 0.6) is 0 Å². The first kappa shape index (κ1) is 9.74. The summed E-state index contributed by atoms with van der Waals surface area (Å²) in [6, 6.07) is 0. The fourth-order valence-corrected chi connectivity index (χ4v) is 1.22. The summed E-state index contributed by atoms with van der Waals surface area (Å²) < 4.78 is 0. The largest absolute Gasteiger partial charge is 0.0879 e. The van der Waals surface area contributed by atoms with Crippen molar-refractivity contribution >= 4 is 0 Å². The number of hydrogen-bond donors (Lipinski definition) is 0. The monoisotopic (exact) mass is 140 g/mol. The summed E-state index contributed by atoms with van der Waals surface area (Å²) in [5.74, 6) is 0. The molecule has 0 aliphatic carbocycles. The molecular formula is C10H20. The van der Waals surface area contributed by atoms with Gasteiger partial charge in [0.1, 0.15) is 0 Å². The molecule has 0 aromatic rings. The third-order valence-electron chi connectivity index (χ3n) is 1.83. The van der Waals surface area contributed by atoms with E-state index in [2.05, 4.69) is 40.7 Å². The van der Waals surface area contributed by atoms with E-state index in [0.717, 1.165) is 0 Å². The van der Waals surface area contributed by atoms with Crippen LogP contribution in [0, 0.1) is 5.41 Å². The van der Waals surface area contributed by atoms with E-state index >= 15 is 0 Å². The van der Waals surface area contributed by atoms with E-state index in [9.17, 15) is 0 Å². The average molecular weight is 140 g/mol. The maximum atomic E-state index is 2.28. The molecule has 0 heteroatoms. The zero-order chi connectivity index (χ0) is 8.20. The molecule has 0 aliphatic rings. The summed E-state index contributed by atoms with van der Waals surface area (Å²) >= 11 is 0. The van der Waals surface area contributed by atoms with Crippen molar-refractivity contribution in [2.75, 3.05) is 0 Å². The minimum atomic E-state index is 0.380. The van der Waals surface area contributed by atoms with Crippen molar-refractivity contribution in [3.63, 3.8) is 0 Å². The van der Waals surface area contributed by atoms with Crippen LogP contribution in [0.25, 0.3) is 0 Å². The van der Waals surface area contributed by atoms with Gasteiger partial charge in [-0.2, -0.15) is 0 Å². The minimum Gasteiger partial charge on any atom is -0.0879 e. The summed E-state index contributed by atoms with van der Waals surface area (Å²) in [7, 11) is 0. The molecule has 10 heavy (non-hydrogen) atoms. The van der Waals surface area contributed by atoms with Gasteiger partial charge in [-0.05, 0) is 18.8 Å². The van der Waals surface area contributed by atoms with Crippen LogP contribution in [0.4, 0.5) is 0 Å². The van der Waals surface area contributed by atoms with Crippen molar-refractivity contribution in [3.05, 3.63) is 11.6 Å². The molecule has 0 rings (SSSR count). The standard InChI is InChI=1S/C10H20/c1-6-8-9(7-2)10(3,4)5/h7H,6,8H2,1-5H3/b9-7+. The number of rotatable bonds is 2. The van der Waals surface area contributed by atoms with E-state index in [1.165, 1.54) is 12.8 Å². The molecule has 0 bridgehead atoms. The lowest BCUT2D eigenvalue weighted by molar-refractivity contribution is 0.479. The molecule has 0 saturated heterocycles. The number of hydrogen-bond acceptors (Lipinski definition) is 0. The van der Waals surface area contributed by atoms with Crippen molar-refractivity contribution in [3.8, 4) is 0 Å². The third kappa shape index (κ3) is 3.05.